The molecule has 2 N–H and O–H groups in total. The number of piperazine rings is 1. The lowest BCUT2D eigenvalue weighted by molar-refractivity contribution is -0.918. The molecule has 0 amide bonds. The molecule has 138 valence electrons. The summed E-state index contributed by atoms with van der Waals surface area (Å²) >= 11 is 5.94. The molecular weight excluding hydrogens is 350 g/mol. The Morgan fingerprint density at radius 3 is 2.62 bits per heavy atom. The van der Waals surface area contributed by atoms with Crippen LogP contribution < -0.4 is 9.64 Å². The molecule has 2 aromatic carbocycles. The number of aromatic hydroxyl groups is 1. The van der Waals surface area contributed by atoms with Gasteiger partial charge in [-0.2, -0.15) is 5.10 Å². The van der Waals surface area contributed by atoms with E-state index in [-0.39, 0.29) is 5.75 Å². The molecule has 0 radical (unpaired) electrons. The third-order valence-corrected chi connectivity index (χ3v) is 4.76. The third kappa shape index (κ3) is 4.90. The van der Waals surface area contributed by atoms with Crippen LogP contribution in [-0.4, -0.2) is 49.1 Å². The van der Waals surface area contributed by atoms with Crippen molar-refractivity contribution in [3.8, 4) is 11.5 Å². The molecular formula is C20H25ClN3O2+. The molecule has 1 aliphatic heterocycles. The average Bonchev–Trinajstić information content (AvgIpc) is 2.66. The number of phenolic OH excluding ortho intramolecular Hbond substituents is 1. The van der Waals surface area contributed by atoms with Crippen LogP contribution >= 0.6 is 11.6 Å². The third-order valence-electron chi connectivity index (χ3n) is 4.50. The van der Waals surface area contributed by atoms with Gasteiger partial charge in [0.05, 0.1) is 39.0 Å². The van der Waals surface area contributed by atoms with E-state index in [0.717, 1.165) is 37.7 Å². The molecule has 0 spiro atoms. The van der Waals surface area contributed by atoms with Crippen LogP contribution in [0.25, 0.3) is 0 Å². The van der Waals surface area contributed by atoms with E-state index in [0.29, 0.717) is 17.9 Å². The van der Waals surface area contributed by atoms with E-state index in [1.807, 2.05) is 31.2 Å². The normalized spacial score (nSPS) is 15.5. The summed E-state index contributed by atoms with van der Waals surface area (Å²) in [6, 6.07) is 13.5. The number of hydrogen-bond donors (Lipinski definition) is 2. The molecule has 0 aliphatic carbocycles. The monoisotopic (exact) mass is 374 g/mol. The van der Waals surface area contributed by atoms with E-state index in [2.05, 4.69) is 22.2 Å². The summed E-state index contributed by atoms with van der Waals surface area (Å²) in [7, 11) is 0. The number of ether oxygens (including phenoxy) is 1. The lowest BCUT2D eigenvalue weighted by Crippen LogP contribution is -3.13. The molecule has 6 heteroatoms. The van der Waals surface area contributed by atoms with Gasteiger partial charge >= 0.3 is 0 Å². The number of halogens is 1. The number of nitrogens with one attached hydrogen (secondary N) is 1. The molecule has 1 fully saturated rings. The summed E-state index contributed by atoms with van der Waals surface area (Å²) < 4.78 is 5.41. The zero-order valence-electron chi connectivity index (χ0n) is 15.0. The lowest BCUT2D eigenvalue weighted by atomic mass is 10.2. The van der Waals surface area contributed by atoms with Crippen molar-refractivity contribution in [3.05, 3.63) is 58.6 Å². The Kier molecular flexibility index (Phi) is 6.36. The van der Waals surface area contributed by atoms with Gasteiger partial charge in [0.15, 0.2) is 11.5 Å². The fraction of sp³-hybridized carbons (Fsp3) is 0.350. The van der Waals surface area contributed by atoms with Crippen LogP contribution in [0.15, 0.2) is 47.6 Å². The van der Waals surface area contributed by atoms with Crippen LogP contribution in [-0.2, 0) is 6.54 Å². The topological polar surface area (TPSA) is 49.5 Å². The number of benzene rings is 2. The molecule has 1 saturated heterocycles. The number of rotatable bonds is 6. The number of para-hydroxylation sites is 1. The Morgan fingerprint density at radius 1 is 1.19 bits per heavy atom. The highest BCUT2D eigenvalue weighted by Gasteiger charge is 2.18. The van der Waals surface area contributed by atoms with Gasteiger partial charge in [0.2, 0.25) is 0 Å². The Hall–Kier alpha value is -2.24. The fourth-order valence-electron chi connectivity index (χ4n) is 3.05. The number of nitrogens with zero attached hydrogens (tertiary/aromatic N) is 2. The Labute approximate surface area is 159 Å². The summed E-state index contributed by atoms with van der Waals surface area (Å²) in [5.74, 6) is 0.638. The molecule has 0 bridgehead atoms. The van der Waals surface area contributed by atoms with Crippen LogP contribution in [0.5, 0.6) is 11.5 Å². The predicted octanol–water partition coefficient (Wildman–Crippen LogP) is 2.18. The average molecular weight is 375 g/mol. The van der Waals surface area contributed by atoms with Gasteiger partial charge < -0.3 is 14.7 Å². The van der Waals surface area contributed by atoms with Crippen molar-refractivity contribution in [2.75, 3.05) is 32.8 Å². The van der Waals surface area contributed by atoms with Gasteiger partial charge in [-0.15, -0.1) is 0 Å². The minimum absolute atomic E-state index is 0.144. The second kappa shape index (κ2) is 8.92. The van der Waals surface area contributed by atoms with Crippen molar-refractivity contribution in [1.29, 1.82) is 0 Å². The van der Waals surface area contributed by atoms with Crippen LogP contribution in [0.4, 0.5) is 0 Å². The van der Waals surface area contributed by atoms with E-state index >= 15 is 0 Å². The molecule has 2 aromatic rings. The minimum atomic E-state index is 0.144. The van der Waals surface area contributed by atoms with Crippen LogP contribution in [0, 0.1) is 0 Å². The lowest BCUT2D eigenvalue weighted by Gasteiger charge is -2.30. The summed E-state index contributed by atoms with van der Waals surface area (Å²) in [6.07, 6.45) is 1.71. The first kappa shape index (κ1) is 18.5. The zero-order chi connectivity index (χ0) is 18.4. The molecule has 5 nitrogen and oxygen atoms in total. The van der Waals surface area contributed by atoms with Gasteiger partial charge in [0.1, 0.15) is 6.54 Å². The molecule has 3 rings (SSSR count). The van der Waals surface area contributed by atoms with E-state index < -0.39 is 0 Å². The van der Waals surface area contributed by atoms with E-state index in [4.69, 9.17) is 16.3 Å². The summed E-state index contributed by atoms with van der Waals surface area (Å²) in [5.41, 5.74) is 1.98. The summed E-state index contributed by atoms with van der Waals surface area (Å²) in [6.45, 7) is 7.27. The highest BCUT2D eigenvalue weighted by atomic mass is 35.5. The molecule has 0 aromatic heterocycles. The summed E-state index contributed by atoms with van der Waals surface area (Å²) in [5, 5.41) is 17.6. The van der Waals surface area contributed by atoms with Crippen LogP contribution in [0.2, 0.25) is 5.02 Å². The van der Waals surface area contributed by atoms with Gasteiger partial charge in [-0.3, -0.25) is 5.01 Å². The highest BCUT2D eigenvalue weighted by molar-refractivity contribution is 6.30. The minimum Gasteiger partial charge on any atom is -0.504 e. The molecule has 0 unspecified atom stereocenters. The number of phenols is 1. The maximum absolute atomic E-state index is 10.2. The molecule has 1 aliphatic rings. The number of hydrazone groups is 1. The smallest absolute Gasteiger partial charge is 0.166 e. The number of hydrogen-bond acceptors (Lipinski definition) is 4. The van der Waals surface area contributed by atoms with E-state index in [1.54, 1.807) is 17.2 Å². The largest absolute Gasteiger partial charge is 0.504 e. The van der Waals surface area contributed by atoms with Gasteiger partial charge in [0.25, 0.3) is 0 Å². The van der Waals surface area contributed by atoms with Crippen molar-refractivity contribution in [1.82, 2.24) is 5.01 Å². The second-order valence-corrected chi connectivity index (χ2v) is 6.81. The van der Waals surface area contributed by atoms with Crippen LogP contribution in [0.1, 0.15) is 18.1 Å². The van der Waals surface area contributed by atoms with Gasteiger partial charge in [-0.25, -0.2) is 0 Å². The predicted molar refractivity (Wildman–Crippen MR) is 104 cm³/mol. The Balaban J connectivity index is 1.53. The summed E-state index contributed by atoms with van der Waals surface area (Å²) in [4.78, 5) is 1.54. The standard InChI is InChI=1S/C20H24ClN3O2/c1-2-26-19-5-3-4-17(20(19)25)14-22-24-12-10-23(11-13-24)15-16-6-8-18(21)9-7-16/h3-9,14,25H,2,10-13,15H2,1H3/p+1. The van der Waals surface area contributed by atoms with E-state index in [9.17, 15) is 5.11 Å². The maximum Gasteiger partial charge on any atom is 0.166 e. The highest BCUT2D eigenvalue weighted by Crippen LogP contribution is 2.28. The van der Waals surface area contributed by atoms with Crippen molar-refractivity contribution in [2.45, 2.75) is 13.5 Å². The van der Waals surface area contributed by atoms with Crippen LogP contribution in [0.3, 0.4) is 0 Å². The quantitative estimate of drug-likeness (QED) is 0.762. The van der Waals surface area contributed by atoms with Gasteiger partial charge in [-0.05, 0) is 31.2 Å². The van der Waals surface area contributed by atoms with Crippen molar-refractivity contribution in [2.24, 2.45) is 5.10 Å². The van der Waals surface area contributed by atoms with Gasteiger partial charge in [0, 0.05) is 16.1 Å². The molecule has 0 atom stereocenters. The molecule has 0 saturated carbocycles. The maximum atomic E-state index is 10.2. The van der Waals surface area contributed by atoms with E-state index in [1.165, 1.54) is 5.56 Å². The second-order valence-electron chi connectivity index (χ2n) is 6.38. The zero-order valence-corrected chi connectivity index (χ0v) is 15.7. The van der Waals surface area contributed by atoms with Crippen molar-refractivity contribution in [3.63, 3.8) is 0 Å². The Bertz CT molecular complexity index is 741. The Morgan fingerprint density at radius 2 is 1.92 bits per heavy atom. The van der Waals surface area contributed by atoms with Gasteiger partial charge in [-0.1, -0.05) is 29.8 Å². The molecule has 26 heavy (non-hydrogen) atoms. The SMILES string of the molecule is CCOc1cccc(C=NN2CC[NH+](Cc3ccc(Cl)cc3)CC2)c1O. The molecule has 1 heterocycles. The first-order valence-electron chi connectivity index (χ1n) is 8.97. The van der Waals surface area contributed by atoms with Crippen molar-refractivity contribution >= 4 is 17.8 Å². The number of quaternary nitrogens is 1. The van der Waals surface area contributed by atoms with Crippen molar-refractivity contribution < 1.29 is 14.7 Å². The first-order valence-corrected chi connectivity index (χ1v) is 9.35. The first-order chi connectivity index (χ1) is 12.7. The fourth-order valence-corrected chi connectivity index (χ4v) is 3.18.